The maximum atomic E-state index is 9.25. The van der Waals surface area contributed by atoms with E-state index in [1.165, 1.54) is 5.56 Å². The van der Waals surface area contributed by atoms with Crippen LogP contribution in [0.3, 0.4) is 0 Å². The van der Waals surface area contributed by atoms with Gasteiger partial charge in [0.15, 0.2) is 0 Å². The average molecular weight is 258 g/mol. The summed E-state index contributed by atoms with van der Waals surface area (Å²) in [5.41, 5.74) is 1.28. The number of benzene rings is 1. The molecule has 102 valence electrons. The van der Waals surface area contributed by atoms with Crippen molar-refractivity contribution in [1.29, 1.82) is 0 Å². The highest BCUT2D eigenvalue weighted by Gasteiger charge is 1.79. The van der Waals surface area contributed by atoms with Gasteiger partial charge in [-0.05, 0) is 12.0 Å². The van der Waals surface area contributed by atoms with Crippen LogP contribution in [0.25, 0.3) is 6.08 Å². The molecule has 0 aliphatic rings. The van der Waals surface area contributed by atoms with Crippen molar-refractivity contribution in [2.75, 3.05) is 0 Å². The van der Waals surface area contributed by atoms with Crippen LogP contribution in [-0.4, -0.2) is 11.1 Å². The maximum Gasteiger partial charge on any atom is 0.327 e. The number of allylic oxidation sites excluding steroid dienone is 3. The summed E-state index contributed by atoms with van der Waals surface area (Å²) >= 11 is 0. The largest absolute Gasteiger partial charge is 0.478 e. The lowest BCUT2D eigenvalue weighted by Gasteiger charge is -1.88. The lowest BCUT2D eigenvalue weighted by molar-refractivity contribution is -0.131. The van der Waals surface area contributed by atoms with Crippen LogP contribution in [0.2, 0.25) is 0 Å². The third kappa shape index (κ3) is 18.2. The van der Waals surface area contributed by atoms with Gasteiger partial charge < -0.3 is 5.11 Å². The molecule has 0 saturated carbocycles. The zero-order valence-corrected chi connectivity index (χ0v) is 11.5. The van der Waals surface area contributed by atoms with E-state index in [4.69, 9.17) is 5.11 Å². The molecule has 0 heterocycles. The monoisotopic (exact) mass is 258 g/mol. The SMILES string of the molecule is C=CC(=O)O.C=CC=C.CCC=Cc1ccccc1. The van der Waals surface area contributed by atoms with Gasteiger partial charge in [0.2, 0.25) is 0 Å². The standard InChI is InChI=1S/C10H12.C4H6.C3H4O2/c1-2-3-7-10-8-5-4-6-9-10;1-3-4-2;1-2-3(4)5/h3-9H,2H2,1H3;3-4H,1-2H2;2H,1H2,(H,4,5). The number of rotatable bonds is 4. The van der Waals surface area contributed by atoms with Crippen LogP contribution in [0.1, 0.15) is 18.9 Å². The summed E-state index contributed by atoms with van der Waals surface area (Å²) in [6.45, 7) is 11.8. The number of carboxylic acid groups (broad SMARTS) is 1. The molecule has 1 aromatic carbocycles. The third-order valence-electron chi connectivity index (χ3n) is 1.69. The van der Waals surface area contributed by atoms with Gasteiger partial charge >= 0.3 is 5.97 Å². The fourth-order valence-electron chi connectivity index (χ4n) is 0.818. The zero-order valence-electron chi connectivity index (χ0n) is 11.5. The second-order valence-corrected chi connectivity index (χ2v) is 3.24. The number of carboxylic acids is 1. The van der Waals surface area contributed by atoms with Crippen molar-refractivity contribution >= 4 is 12.0 Å². The topological polar surface area (TPSA) is 37.3 Å². The Morgan fingerprint density at radius 1 is 1.16 bits per heavy atom. The van der Waals surface area contributed by atoms with Crippen LogP contribution in [0.5, 0.6) is 0 Å². The molecule has 0 spiro atoms. The van der Waals surface area contributed by atoms with E-state index in [-0.39, 0.29) is 0 Å². The van der Waals surface area contributed by atoms with E-state index in [1.807, 2.05) is 6.07 Å². The number of hydrogen-bond acceptors (Lipinski definition) is 1. The van der Waals surface area contributed by atoms with Gasteiger partial charge in [0.25, 0.3) is 0 Å². The second kappa shape index (κ2) is 15.7. The number of carbonyl (C=O) groups is 1. The van der Waals surface area contributed by atoms with Gasteiger partial charge in [-0.2, -0.15) is 0 Å². The second-order valence-electron chi connectivity index (χ2n) is 3.24. The van der Waals surface area contributed by atoms with Gasteiger partial charge in [0.1, 0.15) is 0 Å². The number of hydrogen-bond donors (Lipinski definition) is 1. The van der Waals surface area contributed by atoms with Crippen molar-refractivity contribution in [2.45, 2.75) is 13.3 Å². The Morgan fingerprint density at radius 2 is 1.63 bits per heavy atom. The summed E-state index contributed by atoms with van der Waals surface area (Å²) in [4.78, 5) is 9.25. The van der Waals surface area contributed by atoms with E-state index in [9.17, 15) is 4.79 Å². The van der Waals surface area contributed by atoms with E-state index in [0.717, 1.165) is 12.5 Å². The summed E-state index contributed by atoms with van der Waals surface area (Å²) in [7, 11) is 0. The van der Waals surface area contributed by atoms with Gasteiger partial charge in [-0.3, -0.25) is 0 Å². The molecule has 0 aliphatic heterocycles. The van der Waals surface area contributed by atoms with Crippen molar-refractivity contribution in [3.63, 3.8) is 0 Å². The fourth-order valence-corrected chi connectivity index (χ4v) is 0.818. The molecular formula is C17H22O2. The molecule has 0 amide bonds. The Morgan fingerprint density at radius 3 is 1.95 bits per heavy atom. The summed E-state index contributed by atoms with van der Waals surface area (Å²) in [5, 5.41) is 7.60. The minimum absolute atomic E-state index is 0.833. The van der Waals surface area contributed by atoms with Gasteiger partial charge in [-0.15, -0.1) is 0 Å². The lowest BCUT2D eigenvalue weighted by Crippen LogP contribution is -1.82. The summed E-state index contributed by atoms with van der Waals surface area (Å²) < 4.78 is 0. The van der Waals surface area contributed by atoms with Crippen LogP contribution >= 0.6 is 0 Å². The van der Waals surface area contributed by atoms with E-state index in [1.54, 1.807) is 12.2 Å². The molecule has 0 fully saturated rings. The number of aliphatic carboxylic acids is 1. The fraction of sp³-hybridized carbons (Fsp3) is 0.118. The lowest BCUT2D eigenvalue weighted by atomic mass is 10.2. The summed E-state index contributed by atoms with van der Waals surface area (Å²) in [6.07, 6.45) is 9.52. The van der Waals surface area contributed by atoms with Gasteiger partial charge in [-0.25, -0.2) is 4.79 Å². The third-order valence-corrected chi connectivity index (χ3v) is 1.69. The van der Waals surface area contributed by atoms with Crippen molar-refractivity contribution in [1.82, 2.24) is 0 Å². The molecule has 0 aromatic heterocycles. The van der Waals surface area contributed by atoms with Gasteiger partial charge in [0, 0.05) is 6.08 Å². The van der Waals surface area contributed by atoms with Crippen LogP contribution in [0.15, 0.2) is 74.4 Å². The molecule has 0 saturated heterocycles. The molecule has 19 heavy (non-hydrogen) atoms. The van der Waals surface area contributed by atoms with E-state index in [2.05, 4.69) is 63.1 Å². The molecule has 2 nitrogen and oxygen atoms in total. The van der Waals surface area contributed by atoms with Crippen molar-refractivity contribution in [3.05, 3.63) is 79.9 Å². The van der Waals surface area contributed by atoms with Crippen molar-refractivity contribution < 1.29 is 9.90 Å². The minimum Gasteiger partial charge on any atom is -0.478 e. The normalized spacial score (nSPS) is 8.26. The molecule has 0 radical (unpaired) electrons. The van der Waals surface area contributed by atoms with Crippen LogP contribution in [0.4, 0.5) is 0 Å². The molecular weight excluding hydrogens is 236 g/mol. The van der Waals surface area contributed by atoms with Crippen LogP contribution in [-0.2, 0) is 4.79 Å². The quantitative estimate of drug-likeness (QED) is 0.626. The predicted molar refractivity (Wildman–Crippen MR) is 84.0 cm³/mol. The highest BCUT2D eigenvalue weighted by Crippen LogP contribution is 2.00. The summed E-state index contributed by atoms with van der Waals surface area (Å²) in [5.74, 6) is -0.981. The van der Waals surface area contributed by atoms with E-state index >= 15 is 0 Å². The van der Waals surface area contributed by atoms with E-state index < -0.39 is 5.97 Å². The van der Waals surface area contributed by atoms with Gasteiger partial charge in [-0.1, -0.05) is 81.3 Å². The summed E-state index contributed by atoms with van der Waals surface area (Å²) in [6, 6.07) is 10.3. The Kier molecular flexibility index (Phi) is 15.7. The Bertz CT molecular complexity index is 383. The van der Waals surface area contributed by atoms with Gasteiger partial charge in [0.05, 0.1) is 0 Å². The first-order valence-electron chi connectivity index (χ1n) is 5.92. The van der Waals surface area contributed by atoms with Crippen LogP contribution < -0.4 is 0 Å². The van der Waals surface area contributed by atoms with Crippen molar-refractivity contribution in [3.8, 4) is 0 Å². The molecule has 1 aromatic rings. The van der Waals surface area contributed by atoms with E-state index in [0.29, 0.717) is 0 Å². The predicted octanol–water partition coefficient (Wildman–Crippen LogP) is 4.73. The molecule has 1 rings (SSSR count). The first-order chi connectivity index (χ1) is 9.12. The molecule has 0 bridgehead atoms. The molecule has 0 aliphatic carbocycles. The minimum atomic E-state index is -0.981. The van der Waals surface area contributed by atoms with Crippen molar-refractivity contribution in [2.24, 2.45) is 0 Å². The smallest absolute Gasteiger partial charge is 0.327 e. The Hall–Kier alpha value is -2.35. The Labute approximate surface area is 116 Å². The molecule has 0 atom stereocenters. The van der Waals surface area contributed by atoms with Crippen LogP contribution in [0, 0.1) is 0 Å². The maximum absolute atomic E-state index is 9.25. The molecule has 1 N–H and O–H groups in total. The zero-order chi connectivity index (χ0) is 14.9. The highest BCUT2D eigenvalue weighted by molar-refractivity contribution is 5.78. The average Bonchev–Trinajstić information content (AvgIpc) is 2.47. The molecule has 2 heteroatoms. The Balaban J connectivity index is 0. The first-order valence-corrected chi connectivity index (χ1v) is 5.92. The highest BCUT2D eigenvalue weighted by atomic mass is 16.4. The molecule has 0 unspecified atom stereocenters. The first kappa shape index (κ1) is 19.0.